The van der Waals surface area contributed by atoms with Gasteiger partial charge < -0.3 is 10.6 Å². The van der Waals surface area contributed by atoms with Gasteiger partial charge in [-0.05, 0) is 37.8 Å². The summed E-state index contributed by atoms with van der Waals surface area (Å²) in [6, 6.07) is 1.84. The number of piperidine rings is 2. The van der Waals surface area contributed by atoms with Crippen molar-refractivity contribution in [1.29, 1.82) is 0 Å². The van der Waals surface area contributed by atoms with Crippen molar-refractivity contribution in [2.75, 3.05) is 13.1 Å². The van der Waals surface area contributed by atoms with Crippen LogP contribution in [0.4, 0.5) is 0 Å². The first kappa shape index (κ1) is 11.1. The van der Waals surface area contributed by atoms with Crippen LogP contribution >= 0.6 is 8.37 Å². The summed E-state index contributed by atoms with van der Waals surface area (Å²) in [4.78, 5) is 0. The minimum atomic E-state index is 0.563. The third-order valence-corrected chi connectivity index (χ3v) is 5.53. The maximum Gasteiger partial charge on any atom is 0.0714 e. The molecule has 2 saturated heterocycles. The molecule has 0 aliphatic carbocycles. The van der Waals surface area contributed by atoms with E-state index in [9.17, 15) is 0 Å². The van der Waals surface area contributed by atoms with Gasteiger partial charge in [-0.2, -0.15) is 0 Å². The van der Waals surface area contributed by atoms with Crippen LogP contribution in [-0.2, 0) is 0 Å². The predicted octanol–water partition coefficient (Wildman–Crippen LogP) is 1.86. The SMILES string of the molecule is CC1CNC2C(C1)N=PC1CC(C)CNC12. The molecule has 0 aromatic carbocycles. The largest absolute Gasteiger partial charge is 0.311 e. The second-order valence-corrected chi connectivity index (χ2v) is 7.04. The Kier molecular flexibility index (Phi) is 3.03. The maximum absolute atomic E-state index is 4.89. The van der Waals surface area contributed by atoms with Crippen molar-refractivity contribution in [2.24, 2.45) is 16.6 Å². The number of fused-ring (bicyclic) bond motifs is 3. The van der Waals surface area contributed by atoms with Gasteiger partial charge in [0.1, 0.15) is 0 Å². The Morgan fingerprint density at radius 3 is 2.50 bits per heavy atom. The lowest BCUT2D eigenvalue weighted by Crippen LogP contribution is -2.64. The standard InChI is InChI=1S/C12H22N3P/c1-7-3-9-11(13-5-7)12-10(16-15-9)4-8(2)6-14-12/h7-14H,3-6H2,1-2H3. The van der Waals surface area contributed by atoms with Crippen LogP contribution in [0, 0.1) is 11.8 Å². The van der Waals surface area contributed by atoms with Crippen molar-refractivity contribution in [2.45, 2.75) is 50.5 Å². The van der Waals surface area contributed by atoms with Crippen molar-refractivity contribution >= 4 is 8.37 Å². The smallest absolute Gasteiger partial charge is 0.0714 e. The molecule has 3 rings (SSSR count). The Hall–Kier alpha value is 0.0200. The molecule has 0 radical (unpaired) electrons. The summed E-state index contributed by atoms with van der Waals surface area (Å²) in [6.45, 7) is 7.05. The van der Waals surface area contributed by atoms with Gasteiger partial charge in [0.05, 0.1) is 6.04 Å². The Balaban J connectivity index is 1.78. The first-order chi connectivity index (χ1) is 7.74. The molecule has 6 atom stereocenters. The van der Waals surface area contributed by atoms with Crippen LogP contribution in [0.15, 0.2) is 4.74 Å². The lowest BCUT2D eigenvalue weighted by Gasteiger charge is -2.46. The van der Waals surface area contributed by atoms with Gasteiger partial charge in [-0.1, -0.05) is 13.8 Å². The maximum atomic E-state index is 4.89. The molecular weight excluding hydrogens is 217 g/mol. The highest BCUT2D eigenvalue weighted by Crippen LogP contribution is 2.37. The first-order valence-corrected chi connectivity index (χ1v) is 7.52. The second-order valence-electron chi connectivity index (χ2n) is 5.92. The molecule has 16 heavy (non-hydrogen) atoms. The minimum absolute atomic E-state index is 0.563. The van der Waals surface area contributed by atoms with E-state index in [2.05, 4.69) is 24.5 Å². The van der Waals surface area contributed by atoms with Crippen LogP contribution < -0.4 is 10.6 Å². The van der Waals surface area contributed by atoms with E-state index < -0.39 is 0 Å². The summed E-state index contributed by atoms with van der Waals surface area (Å²) in [7, 11) is 1.35. The molecule has 6 unspecified atom stereocenters. The highest BCUT2D eigenvalue weighted by Gasteiger charge is 2.42. The molecule has 0 aromatic rings. The van der Waals surface area contributed by atoms with E-state index >= 15 is 0 Å². The van der Waals surface area contributed by atoms with Crippen LogP contribution in [0.3, 0.4) is 0 Å². The highest BCUT2D eigenvalue weighted by atomic mass is 31.1. The van der Waals surface area contributed by atoms with Gasteiger partial charge in [0, 0.05) is 26.1 Å². The Morgan fingerprint density at radius 2 is 1.69 bits per heavy atom. The average Bonchev–Trinajstić information content (AvgIpc) is 2.28. The summed E-state index contributed by atoms with van der Waals surface area (Å²) in [5, 5.41) is 7.48. The molecule has 2 fully saturated rings. The zero-order valence-electron chi connectivity index (χ0n) is 10.2. The van der Waals surface area contributed by atoms with Crippen molar-refractivity contribution in [3.8, 4) is 0 Å². The topological polar surface area (TPSA) is 36.4 Å². The Bertz CT molecular complexity index is 266. The fourth-order valence-corrected chi connectivity index (χ4v) is 4.84. The normalized spacial score (nSPS) is 52.9. The van der Waals surface area contributed by atoms with Crippen LogP contribution in [0.25, 0.3) is 0 Å². The lowest BCUT2D eigenvalue weighted by atomic mass is 9.83. The molecule has 90 valence electrons. The number of hydrogen-bond acceptors (Lipinski definition) is 3. The summed E-state index contributed by atoms with van der Waals surface area (Å²) in [5.74, 6) is 1.61. The van der Waals surface area contributed by atoms with E-state index in [1.54, 1.807) is 0 Å². The molecular formula is C12H22N3P. The van der Waals surface area contributed by atoms with E-state index in [1.807, 2.05) is 0 Å². The molecule has 3 aliphatic heterocycles. The quantitative estimate of drug-likeness (QED) is 0.633. The zero-order valence-corrected chi connectivity index (χ0v) is 11.1. The first-order valence-electron chi connectivity index (χ1n) is 6.61. The number of rotatable bonds is 0. The third kappa shape index (κ3) is 1.94. The molecule has 3 aliphatic rings. The molecule has 3 heterocycles. The molecule has 0 amide bonds. The average molecular weight is 239 g/mol. The second kappa shape index (κ2) is 4.36. The van der Waals surface area contributed by atoms with Crippen LogP contribution in [0.2, 0.25) is 0 Å². The number of nitrogens with one attached hydrogen (secondary N) is 2. The highest BCUT2D eigenvalue weighted by molar-refractivity contribution is 7.28. The van der Waals surface area contributed by atoms with Gasteiger partial charge in [0.25, 0.3) is 0 Å². The zero-order chi connectivity index (χ0) is 11.1. The molecule has 0 bridgehead atoms. The Labute approximate surface area is 99.7 Å². The van der Waals surface area contributed by atoms with Crippen LogP contribution in [-0.4, -0.2) is 36.9 Å². The number of nitrogens with zero attached hydrogens (tertiary/aromatic N) is 1. The van der Waals surface area contributed by atoms with E-state index in [0.717, 1.165) is 17.5 Å². The van der Waals surface area contributed by atoms with Gasteiger partial charge in [-0.25, -0.2) is 0 Å². The summed E-state index contributed by atoms with van der Waals surface area (Å²) >= 11 is 0. The van der Waals surface area contributed by atoms with Gasteiger partial charge in [-0.3, -0.25) is 4.74 Å². The van der Waals surface area contributed by atoms with Crippen molar-refractivity contribution in [3.63, 3.8) is 0 Å². The Morgan fingerprint density at radius 1 is 1.00 bits per heavy atom. The van der Waals surface area contributed by atoms with E-state index in [0.29, 0.717) is 18.1 Å². The lowest BCUT2D eigenvalue weighted by molar-refractivity contribution is 0.198. The van der Waals surface area contributed by atoms with Crippen LogP contribution in [0.5, 0.6) is 0 Å². The van der Waals surface area contributed by atoms with Gasteiger partial charge in [0.15, 0.2) is 0 Å². The van der Waals surface area contributed by atoms with Crippen molar-refractivity contribution in [3.05, 3.63) is 0 Å². The monoisotopic (exact) mass is 239 g/mol. The molecule has 0 aromatic heterocycles. The number of hydrogen-bond donors (Lipinski definition) is 2. The molecule has 2 N–H and O–H groups in total. The fraction of sp³-hybridized carbons (Fsp3) is 1.00. The van der Waals surface area contributed by atoms with E-state index in [1.165, 1.54) is 34.3 Å². The van der Waals surface area contributed by atoms with E-state index in [4.69, 9.17) is 4.74 Å². The van der Waals surface area contributed by atoms with Crippen LogP contribution in [0.1, 0.15) is 26.7 Å². The van der Waals surface area contributed by atoms with Crippen molar-refractivity contribution in [1.82, 2.24) is 10.6 Å². The van der Waals surface area contributed by atoms with Crippen molar-refractivity contribution < 1.29 is 0 Å². The van der Waals surface area contributed by atoms with Gasteiger partial charge >= 0.3 is 0 Å². The molecule has 0 saturated carbocycles. The predicted molar refractivity (Wildman–Crippen MR) is 68.1 cm³/mol. The summed E-state index contributed by atoms with van der Waals surface area (Å²) in [5.41, 5.74) is 0.755. The molecule has 3 nitrogen and oxygen atoms in total. The molecule has 4 heteroatoms. The summed E-state index contributed by atoms with van der Waals surface area (Å²) in [6.07, 6.45) is 2.63. The van der Waals surface area contributed by atoms with Gasteiger partial charge in [-0.15, -0.1) is 0 Å². The molecule has 0 spiro atoms. The van der Waals surface area contributed by atoms with E-state index in [-0.39, 0.29) is 0 Å². The van der Waals surface area contributed by atoms with Gasteiger partial charge in [0.2, 0.25) is 0 Å². The summed E-state index contributed by atoms with van der Waals surface area (Å²) < 4.78 is 4.89. The fourth-order valence-electron chi connectivity index (χ4n) is 3.37. The minimum Gasteiger partial charge on any atom is -0.311 e. The third-order valence-electron chi connectivity index (χ3n) is 4.27.